The van der Waals surface area contributed by atoms with Crippen molar-refractivity contribution in [3.8, 4) is 0 Å². The molecule has 2 aromatic rings. The van der Waals surface area contributed by atoms with E-state index >= 15 is 0 Å². The normalized spacial score (nSPS) is 10.8. The summed E-state index contributed by atoms with van der Waals surface area (Å²) >= 11 is 5.98. The van der Waals surface area contributed by atoms with Gasteiger partial charge < -0.3 is 10.6 Å². The average Bonchev–Trinajstić information content (AvgIpc) is 2.42. The maximum atomic E-state index is 5.98. The molecule has 1 aromatic carbocycles. The first kappa shape index (κ1) is 14.1. The molecule has 0 saturated heterocycles. The molecule has 0 aliphatic carbocycles. The number of benzene rings is 1. The van der Waals surface area contributed by atoms with Crippen LogP contribution in [0.4, 0.5) is 5.69 Å². The third-order valence-corrected chi connectivity index (χ3v) is 3.21. The van der Waals surface area contributed by atoms with Gasteiger partial charge >= 0.3 is 0 Å². The first-order chi connectivity index (χ1) is 9.31. The lowest BCUT2D eigenvalue weighted by molar-refractivity contribution is 0.652. The molecule has 19 heavy (non-hydrogen) atoms. The summed E-state index contributed by atoms with van der Waals surface area (Å²) < 4.78 is 0. The zero-order chi connectivity index (χ0) is 13.5. The Morgan fingerprint density at radius 2 is 2.05 bits per heavy atom. The van der Waals surface area contributed by atoms with Gasteiger partial charge in [-0.3, -0.25) is 4.98 Å². The molecular formula is C15H20ClN3. The van der Waals surface area contributed by atoms with Crippen LogP contribution in [-0.2, 0) is 0 Å². The minimum Gasteiger partial charge on any atom is -0.384 e. The summed E-state index contributed by atoms with van der Waals surface area (Å²) in [5, 5.41) is 8.70. The fourth-order valence-corrected chi connectivity index (χ4v) is 2.18. The van der Waals surface area contributed by atoms with E-state index in [2.05, 4.69) is 22.5 Å². The molecule has 3 nitrogen and oxygen atoms in total. The second-order valence-corrected chi connectivity index (χ2v) is 4.99. The number of hydrogen-bond acceptors (Lipinski definition) is 3. The van der Waals surface area contributed by atoms with Crippen molar-refractivity contribution in [2.45, 2.75) is 19.8 Å². The molecule has 0 spiro atoms. The standard InChI is InChI=1S/C15H20ClN3/c1-2-7-17-8-3-9-18-14-6-10-19-15-11-12(16)4-5-13(14)15/h4-6,10-11,17H,2-3,7-9H2,1H3,(H,18,19). The predicted octanol–water partition coefficient (Wildman–Crippen LogP) is 3.69. The molecule has 4 heteroatoms. The smallest absolute Gasteiger partial charge is 0.0737 e. The van der Waals surface area contributed by atoms with Crippen molar-refractivity contribution in [1.82, 2.24) is 10.3 Å². The molecule has 2 N–H and O–H groups in total. The van der Waals surface area contributed by atoms with E-state index in [0.29, 0.717) is 0 Å². The third-order valence-electron chi connectivity index (χ3n) is 2.98. The molecule has 0 unspecified atom stereocenters. The van der Waals surface area contributed by atoms with E-state index in [4.69, 9.17) is 11.6 Å². The Morgan fingerprint density at radius 3 is 2.89 bits per heavy atom. The van der Waals surface area contributed by atoms with E-state index in [1.54, 1.807) is 0 Å². The number of halogens is 1. The second-order valence-electron chi connectivity index (χ2n) is 4.55. The van der Waals surface area contributed by atoms with E-state index in [0.717, 1.165) is 47.7 Å². The molecule has 0 aliphatic rings. The fraction of sp³-hybridized carbons (Fsp3) is 0.400. The van der Waals surface area contributed by atoms with Gasteiger partial charge in [-0.1, -0.05) is 18.5 Å². The Morgan fingerprint density at radius 1 is 1.16 bits per heavy atom. The number of hydrogen-bond donors (Lipinski definition) is 2. The molecule has 0 saturated carbocycles. The van der Waals surface area contributed by atoms with Crippen molar-refractivity contribution in [2.24, 2.45) is 0 Å². The first-order valence-electron chi connectivity index (χ1n) is 6.80. The maximum absolute atomic E-state index is 5.98. The molecule has 1 heterocycles. The van der Waals surface area contributed by atoms with Gasteiger partial charge in [0.1, 0.15) is 0 Å². The van der Waals surface area contributed by atoms with Crippen molar-refractivity contribution < 1.29 is 0 Å². The van der Waals surface area contributed by atoms with Crippen molar-refractivity contribution in [2.75, 3.05) is 25.0 Å². The third kappa shape index (κ3) is 4.08. The molecule has 0 aliphatic heterocycles. The summed E-state index contributed by atoms with van der Waals surface area (Å²) in [4.78, 5) is 4.33. The summed E-state index contributed by atoms with van der Waals surface area (Å²) in [7, 11) is 0. The summed E-state index contributed by atoms with van der Waals surface area (Å²) in [6.45, 7) is 5.28. The Balaban J connectivity index is 1.93. The molecular weight excluding hydrogens is 258 g/mol. The number of fused-ring (bicyclic) bond motifs is 1. The van der Waals surface area contributed by atoms with Gasteiger partial charge in [0.05, 0.1) is 5.52 Å². The van der Waals surface area contributed by atoms with E-state index in [1.165, 1.54) is 6.42 Å². The Bertz CT molecular complexity index is 528. The minimum absolute atomic E-state index is 0.723. The van der Waals surface area contributed by atoms with Crippen LogP contribution in [-0.4, -0.2) is 24.6 Å². The number of rotatable bonds is 7. The van der Waals surface area contributed by atoms with Gasteiger partial charge in [-0.25, -0.2) is 0 Å². The van der Waals surface area contributed by atoms with Gasteiger partial charge in [0.2, 0.25) is 0 Å². The highest BCUT2D eigenvalue weighted by Gasteiger charge is 2.01. The molecule has 0 fully saturated rings. The lowest BCUT2D eigenvalue weighted by atomic mass is 10.2. The van der Waals surface area contributed by atoms with E-state index in [-0.39, 0.29) is 0 Å². The highest BCUT2D eigenvalue weighted by atomic mass is 35.5. The quantitative estimate of drug-likeness (QED) is 0.758. The summed E-state index contributed by atoms with van der Waals surface area (Å²) in [6, 6.07) is 7.82. The fourth-order valence-electron chi connectivity index (χ4n) is 2.01. The van der Waals surface area contributed by atoms with Crippen LogP contribution in [0.5, 0.6) is 0 Å². The van der Waals surface area contributed by atoms with Crippen LogP contribution in [0, 0.1) is 0 Å². The maximum Gasteiger partial charge on any atom is 0.0737 e. The van der Waals surface area contributed by atoms with Gasteiger partial charge in [0.15, 0.2) is 0 Å². The number of aromatic nitrogens is 1. The number of anilines is 1. The zero-order valence-corrected chi connectivity index (χ0v) is 12.0. The Kier molecular flexibility index (Phi) is 5.43. The largest absolute Gasteiger partial charge is 0.384 e. The monoisotopic (exact) mass is 277 g/mol. The van der Waals surface area contributed by atoms with E-state index in [1.807, 2.05) is 30.5 Å². The van der Waals surface area contributed by atoms with Gasteiger partial charge in [-0.15, -0.1) is 0 Å². The Labute approximate surface area is 119 Å². The van der Waals surface area contributed by atoms with Crippen LogP contribution in [0.3, 0.4) is 0 Å². The molecule has 2 rings (SSSR count). The Hall–Kier alpha value is -1.32. The van der Waals surface area contributed by atoms with Gasteiger partial charge in [-0.2, -0.15) is 0 Å². The average molecular weight is 278 g/mol. The van der Waals surface area contributed by atoms with Crippen molar-refractivity contribution in [1.29, 1.82) is 0 Å². The van der Waals surface area contributed by atoms with Crippen LogP contribution in [0.25, 0.3) is 10.9 Å². The summed E-state index contributed by atoms with van der Waals surface area (Å²) in [5.41, 5.74) is 2.05. The number of nitrogens with zero attached hydrogens (tertiary/aromatic N) is 1. The van der Waals surface area contributed by atoms with E-state index in [9.17, 15) is 0 Å². The summed E-state index contributed by atoms with van der Waals surface area (Å²) in [6.07, 6.45) is 4.11. The van der Waals surface area contributed by atoms with Crippen molar-refractivity contribution >= 4 is 28.2 Å². The molecule has 0 radical (unpaired) electrons. The van der Waals surface area contributed by atoms with Gasteiger partial charge in [-0.05, 0) is 50.2 Å². The lowest BCUT2D eigenvalue weighted by Crippen LogP contribution is -2.18. The van der Waals surface area contributed by atoms with Crippen LogP contribution in [0.1, 0.15) is 19.8 Å². The van der Waals surface area contributed by atoms with Crippen molar-refractivity contribution in [3.05, 3.63) is 35.5 Å². The minimum atomic E-state index is 0.723. The molecule has 0 atom stereocenters. The van der Waals surface area contributed by atoms with Crippen LogP contribution in [0.15, 0.2) is 30.5 Å². The second kappa shape index (κ2) is 7.31. The van der Waals surface area contributed by atoms with Crippen LogP contribution < -0.4 is 10.6 Å². The highest BCUT2D eigenvalue weighted by Crippen LogP contribution is 2.24. The van der Waals surface area contributed by atoms with E-state index < -0.39 is 0 Å². The predicted molar refractivity (Wildman–Crippen MR) is 83.0 cm³/mol. The SMILES string of the molecule is CCCNCCCNc1ccnc2cc(Cl)ccc12. The molecule has 1 aromatic heterocycles. The van der Waals surface area contributed by atoms with Gasteiger partial charge in [0.25, 0.3) is 0 Å². The molecule has 0 bridgehead atoms. The topological polar surface area (TPSA) is 37.0 Å². The zero-order valence-electron chi connectivity index (χ0n) is 11.2. The number of nitrogens with one attached hydrogen (secondary N) is 2. The molecule has 102 valence electrons. The molecule has 0 amide bonds. The first-order valence-corrected chi connectivity index (χ1v) is 7.18. The van der Waals surface area contributed by atoms with Crippen LogP contribution in [0.2, 0.25) is 5.02 Å². The van der Waals surface area contributed by atoms with Crippen molar-refractivity contribution in [3.63, 3.8) is 0 Å². The van der Waals surface area contributed by atoms with Gasteiger partial charge in [0, 0.05) is 28.8 Å². The number of pyridine rings is 1. The highest BCUT2D eigenvalue weighted by molar-refractivity contribution is 6.31. The lowest BCUT2D eigenvalue weighted by Gasteiger charge is -2.09. The van der Waals surface area contributed by atoms with Crippen LogP contribution >= 0.6 is 11.6 Å². The summed E-state index contributed by atoms with van der Waals surface area (Å²) in [5.74, 6) is 0.